The lowest BCUT2D eigenvalue weighted by atomic mass is 9.91. The van der Waals surface area contributed by atoms with Crippen molar-refractivity contribution in [3.8, 4) is 5.69 Å². The molecular formula is C19H20ClF3N4O2S. The van der Waals surface area contributed by atoms with Crippen LogP contribution in [0.3, 0.4) is 0 Å². The zero-order valence-corrected chi connectivity index (χ0v) is 17.8. The van der Waals surface area contributed by atoms with Crippen LogP contribution in [0.4, 0.5) is 13.2 Å². The van der Waals surface area contributed by atoms with E-state index in [9.17, 15) is 21.6 Å². The Kier molecular flexibility index (Phi) is 6.40. The maximum absolute atomic E-state index is 12.7. The van der Waals surface area contributed by atoms with Crippen LogP contribution in [0.2, 0.25) is 0 Å². The van der Waals surface area contributed by atoms with Gasteiger partial charge < -0.3 is 0 Å². The lowest BCUT2D eigenvalue weighted by molar-refractivity contribution is -0.0450. The molecule has 2 aromatic rings. The van der Waals surface area contributed by atoms with E-state index in [1.165, 1.54) is 12.2 Å². The summed E-state index contributed by atoms with van der Waals surface area (Å²) in [6, 6.07) is 2.63. The molecule has 11 heteroatoms. The van der Waals surface area contributed by atoms with Gasteiger partial charge in [0.1, 0.15) is 0 Å². The van der Waals surface area contributed by atoms with Crippen molar-refractivity contribution in [2.45, 2.75) is 38.2 Å². The number of alkyl halides is 3. The standard InChI is InChI=1S/C19H20ClF3N4O2S/c1-3-4-14-9-15(7-8-24-14)27-11-13(10-25-27)16-5-6-17(12(2)18(16)20)26-30(28,29)19(21,22)23/h5-12,17,26H,3-4H2,1-2H3. The van der Waals surface area contributed by atoms with Gasteiger partial charge in [-0.05, 0) is 24.1 Å². The van der Waals surface area contributed by atoms with Crippen molar-refractivity contribution in [1.82, 2.24) is 19.5 Å². The Morgan fingerprint density at radius 2 is 2.07 bits per heavy atom. The second-order valence-corrected chi connectivity index (χ2v) is 9.04. The molecule has 1 N–H and O–H groups in total. The third-order valence-electron chi connectivity index (χ3n) is 4.73. The first kappa shape index (κ1) is 22.5. The van der Waals surface area contributed by atoms with Crippen LogP contribution in [-0.4, -0.2) is 34.7 Å². The molecule has 0 amide bonds. The number of rotatable bonds is 6. The van der Waals surface area contributed by atoms with E-state index in [0.29, 0.717) is 11.1 Å². The average molecular weight is 461 g/mol. The van der Waals surface area contributed by atoms with Crippen LogP contribution in [-0.2, 0) is 16.4 Å². The highest BCUT2D eigenvalue weighted by Gasteiger charge is 2.47. The summed E-state index contributed by atoms with van der Waals surface area (Å²) >= 11 is 6.39. The third kappa shape index (κ3) is 4.60. The van der Waals surface area contributed by atoms with E-state index >= 15 is 0 Å². The number of sulfonamides is 1. The van der Waals surface area contributed by atoms with Gasteiger partial charge in [0.2, 0.25) is 0 Å². The van der Waals surface area contributed by atoms with Gasteiger partial charge >= 0.3 is 15.5 Å². The van der Waals surface area contributed by atoms with Crippen molar-refractivity contribution in [2.24, 2.45) is 5.92 Å². The summed E-state index contributed by atoms with van der Waals surface area (Å²) in [6.45, 7) is 3.62. The van der Waals surface area contributed by atoms with Gasteiger partial charge in [-0.15, -0.1) is 0 Å². The van der Waals surface area contributed by atoms with Crippen LogP contribution in [0.25, 0.3) is 11.3 Å². The van der Waals surface area contributed by atoms with E-state index < -0.39 is 27.5 Å². The highest BCUT2D eigenvalue weighted by Crippen LogP contribution is 2.35. The minimum absolute atomic E-state index is 0.244. The van der Waals surface area contributed by atoms with Crippen molar-refractivity contribution in [1.29, 1.82) is 0 Å². The third-order valence-corrected chi connectivity index (χ3v) is 6.47. The molecule has 2 aromatic heterocycles. The predicted molar refractivity (Wildman–Crippen MR) is 108 cm³/mol. The summed E-state index contributed by atoms with van der Waals surface area (Å²) in [5.41, 5.74) is -2.40. The molecule has 30 heavy (non-hydrogen) atoms. The lowest BCUT2D eigenvalue weighted by Gasteiger charge is -2.27. The van der Waals surface area contributed by atoms with E-state index in [0.717, 1.165) is 24.2 Å². The second kappa shape index (κ2) is 8.52. The Morgan fingerprint density at radius 1 is 1.33 bits per heavy atom. The first-order chi connectivity index (χ1) is 14.0. The maximum Gasteiger partial charge on any atom is 0.511 e. The van der Waals surface area contributed by atoms with Gasteiger partial charge in [-0.3, -0.25) is 4.98 Å². The fourth-order valence-corrected chi connectivity index (χ4v) is 4.16. The molecule has 6 nitrogen and oxygen atoms in total. The normalized spacial score (nSPS) is 20.1. The van der Waals surface area contributed by atoms with Crippen LogP contribution in [0.15, 0.2) is 47.9 Å². The molecule has 0 bridgehead atoms. The summed E-state index contributed by atoms with van der Waals surface area (Å²) in [4.78, 5) is 4.31. The van der Waals surface area contributed by atoms with E-state index in [1.54, 1.807) is 34.9 Å². The van der Waals surface area contributed by atoms with E-state index in [2.05, 4.69) is 17.0 Å². The number of aryl methyl sites for hydroxylation is 1. The topological polar surface area (TPSA) is 76.9 Å². The number of nitrogens with zero attached hydrogens (tertiary/aromatic N) is 3. The minimum atomic E-state index is -5.48. The minimum Gasteiger partial charge on any atom is -0.261 e. The SMILES string of the molecule is CCCc1cc(-n2cc(C3=C(Cl)C(C)C(NS(=O)(=O)C(F)(F)F)C=C3)cn2)ccn1. The Morgan fingerprint density at radius 3 is 2.73 bits per heavy atom. The zero-order valence-electron chi connectivity index (χ0n) is 16.2. The molecule has 0 spiro atoms. The molecule has 2 heterocycles. The largest absolute Gasteiger partial charge is 0.511 e. The average Bonchev–Trinajstić information content (AvgIpc) is 3.15. The highest BCUT2D eigenvalue weighted by molar-refractivity contribution is 7.90. The molecule has 0 fully saturated rings. The molecule has 0 saturated heterocycles. The molecular weight excluding hydrogens is 441 g/mol. The molecule has 0 aliphatic heterocycles. The van der Waals surface area contributed by atoms with E-state index in [4.69, 9.17) is 11.6 Å². The summed E-state index contributed by atoms with van der Waals surface area (Å²) in [5.74, 6) is -0.691. The Balaban J connectivity index is 1.84. The number of nitrogens with one attached hydrogen (secondary N) is 1. The van der Waals surface area contributed by atoms with E-state index in [-0.39, 0.29) is 5.03 Å². The fraction of sp³-hybridized carbons (Fsp3) is 0.368. The quantitative estimate of drug-likeness (QED) is 0.701. The molecule has 2 atom stereocenters. The molecule has 1 aliphatic rings. The molecule has 0 saturated carbocycles. The molecule has 0 aromatic carbocycles. The Hall–Kier alpha value is -2.17. The summed E-state index contributed by atoms with van der Waals surface area (Å²) in [6.07, 6.45) is 9.71. The van der Waals surface area contributed by atoms with Crippen LogP contribution in [0, 0.1) is 5.92 Å². The zero-order chi connectivity index (χ0) is 22.1. The smallest absolute Gasteiger partial charge is 0.261 e. The van der Waals surface area contributed by atoms with Crippen molar-refractivity contribution in [2.75, 3.05) is 0 Å². The number of pyridine rings is 1. The first-order valence-electron chi connectivity index (χ1n) is 9.20. The van der Waals surface area contributed by atoms with Crippen molar-refractivity contribution in [3.05, 3.63) is 59.2 Å². The molecule has 1 aliphatic carbocycles. The molecule has 3 rings (SSSR count). The van der Waals surface area contributed by atoms with Crippen LogP contribution in [0.5, 0.6) is 0 Å². The van der Waals surface area contributed by atoms with Crippen LogP contribution < -0.4 is 4.72 Å². The number of halogens is 4. The summed E-state index contributed by atoms with van der Waals surface area (Å²) in [7, 11) is -5.48. The second-order valence-electron chi connectivity index (χ2n) is 6.93. The van der Waals surface area contributed by atoms with Crippen LogP contribution in [0.1, 0.15) is 31.5 Å². The monoisotopic (exact) mass is 460 g/mol. The lowest BCUT2D eigenvalue weighted by Crippen LogP contribution is -2.45. The van der Waals surface area contributed by atoms with E-state index in [1.807, 2.05) is 12.1 Å². The number of aromatic nitrogens is 3. The van der Waals surface area contributed by atoms with Gasteiger partial charge in [-0.25, -0.2) is 13.1 Å². The number of allylic oxidation sites excluding steroid dienone is 2. The van der Waals surface area contributed by atoms with Gasteiger partial charge in [0, 0.05) is 40.6 Å². The molecule has 162 valence electrons. The van der Waals surface area contributed by atoms with Gasteiger partial charge in [-0.2, -0.15) is 23.0 Å². The number of hydrogen-bond donors (Lipinski definition) is 1. The maximum atomic E-state index is 12.7. The first-order valence-corrected chi connectivity index (χ1v) is 11.1. The number of hydrogen-bond acceptors (Lipinski definition) is 4. The van der Waals surface area contributed by atoms with Crippen molar-refractivity contribution in [3.63, 3.8) is 0 Å². The van der Waals surface area contributed by atoms with Crippen LogP contribution >= 0.6 is 11.6 Å². The van der Waals surface area contributed by atoms with Gasteiger partial charge in [-0.1, -0.05) is 44.0 Å². The van der Waals surface area contributed by atoms with Gasteiger partial charge in [0.05, 0.1) is 11.9 Å². The molecule has 2 unspecified atom stereocenters. The van der Waals surface area contributed by atoms with Gasteiger partial charge in [0.15, 0.2) is 0 Å². The van der Waals surface area contributed by atoms with Crippen molar-refractivity contribution >= 4 is 27.2 Å². The predicted octanol–water partition coefficient (Wildman–Crippen LogP) is 4.18. The Labute approximate surface area is 177 Å². The summed E-state index contributed by atoms with van der Waals surface area (Å²) < 4.78 is 64.1. The molecule has 0 radical (unpaired) electrons. The fourth-order valence-electron chi connectivity index (χ4n) is 3.07. The summed E-state index contributed by atoms with van der Waals surface area (Å²) in [5, 5.41) is 4.58. The Bertz CT molecular complexity index is 1090. The van der Waals surface area contributed by atoms with Gasteiger partial charge in [0.25, 0.3) is 0 Å². The van der Waals surface area contributed by atoms with Crippen molar-refractivity contribution < 1.29 is 21.6 Å². The highest BCUT2D eigenvalue weighted by atomic mass is 35.5.